The Bertz CT molecular complexity index is 1160. The third kappa shape index (κ3) is 4.14. The van der Waals surface area contributed by atoms with Gasteiger partial charge >= 0.3 is 0 Å². The van der Waals surface area contributed by atoms with E-state index in [0.717, 1.165) is 5.56 Å². The minimum absolute atomic E-state index is 0.169. The number of carbonyl (C=O) groups is 1. The van der Waals surface area contributed by atoms with Crippen LogP contribution in [0.3, 0.4) is 0 Å². The number of fused-ring (bicyclic) bond motifs is 1. The number of rotatable bonds is 6. The largest absolute Gasteiger partial charge is 0.454 e. The van der Waals surface area contributed by atoms with E-state index in [-0.39, 0.29) is 24.1 Å². The number of hydrogen-bond acceptors (Lipinski definition) is 5. The molecule has 7 nitrogen and oxygen atoms in total. The lowest BCUT2D eigenvalue weighted by Crippen LogP contribution is -2.26. The van der Waals surface area contributed by atoms with Gasteiger partial charge in [0.15, 0.2) is 11.5 Å². The first kappa shape index (κ1) is 19.9. The van der Waals surface area contributed by atoms with Gasteiger partial charge in [-0.3, -0.25) is 4.79 Å². The van der Waals surface area contributed by atoms with Crippen molar-refractivity contribution in [1.82, 2.24) is 4.31 Å². The van der Waals surface area contributed by atoms with Crippen molar-refractivity contribution in [3.63, 3.8) is 0 Å². The zero-order valence-corrected chi connectivity index (χ0v) is 17.1. The number of sulfonamides is 1. The van der Waals surface area contributed by atoms with Crippen LogP contribution in [0.25, 0.3) is 0 Å². The summed E-state index contributed by atoms with van der Waals surface area (Å²) in [5.74, 6) is 0.961. The minimum atomic E-state index is -3.58. The van der Waals surface area contributed by atoms with Gasteiger partial charge in [0.05, 0.1) is 4.90 Å². The highest BCUT2D eigenvalue weighted by Gasteiger charge is 2.20. The van der Waals surface area contributed by atoms with E-state index < -0.39 is 10.0 Å². The summed E-state index contributed by atoms with van der Waals surface area (Å²) in [6, 6.07) is 20.3. The molecule has 0 saturated carbocycles. The second-order valence-corrected chi connectivity index (χ2v) is 8.84. The van der Waals surface area contributed by atoms with E-state index in [1.165, 1.54) is 11.4 Å². The molecule has 0 unspecified atom stereocenters. The number of amides is 1. The lowest BCUT2D eigenvalue weighted by Gasteiger charge is -2.17. The lowest BCUT2D eigenvalue weighted by atomic mass is 10.1. The maximum Gasteiger partial charge on any atom is 0.255 e. The van der Waals surface area contributed by atoms with Crippen molar-refractivity contribution in [2.75, 3.05) is 19.2 Å². The molecule has 3 aromatic carbocycles. The number of nitrogens with one attached hydrogen (secondary N) is 1. The van der Waals surface area contributed by atoms with Crippen molar-refractivity contribution in [2.45, 2.75) is 11.4 Å². The van der Waals surface area contributed by atoms with Crippen molar-refractivity contribution >= 4 is 21.6 Å². The third-order valence-electron chi connectivity index (χ3n) is 4.70. The average Bonchev–Trinajstić information content (AvgIpc) is 3.22. The quantitative estimate of drug-likeness (QED) is 0.655. The van der Waals surface area contributed by atoms with E-state index >= 15 is 0 Å². The number of hydrogen-bond donors (Lipinski definition) is 1. The molecule has 0 saturated heterocycles. The van der Waals surface area contributed by atoms with Crippen LogP contribution in [0.4, 0.5) is 5.69 Å². The van der Waals surface area contributed by atoms with E-state index in [0.29, 0.717) is 22.7 Å². The summed E-state index contributed by atoms with van der Waals surface area (Å²) >= 11 is 0. The van der Waals surface area contributed by atoms with Gasteiger partial charge in [-0.1, -0.05) is 30.3 Å². The molecule has 4 rings (SSSR count). The summed E-state index contributed by atoms with van der Waals surface area (Å²) in [6.07, 6.45) is 0. The van der Waals surface area contributed by atoms with E-state index in [1.54, 1.807) is 72.8 Å². The number of carbonyl (C=O) groups excluding carboxylic acids is 1. The topological polar surface area (TPSA) is 84.9 Å². The molecular weight excluding hydrogens is 404 g/mol. The zero-order chi connectivity index (χ0) is 21.1. The predicted molar refractivity (Wildman–Crippen MR) is 112 cm³/mol. The van der Waals surface area contributed by atoms with Gasteiger partial charge in [0.25, 0.3) is 5.91 Å². The smallest absolute Gasteiger partial charge is 0.255 e. The van der Waals surface area contributed by atoms with Crippen molar-refractivity contribution < 1.29 is 22.7 Å². The fourth-order valence-corrected chi connectivity index (χ4v) is 4.23. The molecule has 30 heavy (non-hydrogen) atoms. The molecule has 8 heteroatoms. The summed E-state index contributed by atoms with van der Waals surface area (Å²) in [5, 5.41) is 2.81. The van der Waals surface area contributed by atoms with Gasteiger partial charge < -0.3 is 14.8 Å². The molecule has 0 aliphatic carbocycles. The molecule has 1 amide bonds. The van der Waals surface area contributed by atoms with Gasteiger partial charge in [-0.2, -0.15) is 4.31 Å². The van der Waals surface area contributed by atoms with Gasteiger partial charge in [0, 0.05) is 30.9 Å². The Balaban J connectivity index is 1.42. The molecule has 1 heterocycles. The standard InChI is InChI=1S/C22H20N2O5S/c1-24(30(26,27)19-5-3-2-4-6-19)14-16-7-9-17(10-8-16)22(25)23-18-11-12-20-21(13-18)29-15-28-20/h2-13H,14-15H2,1H3,(H,23,25). The van der Waals surface area contributed by atoms with Crippen molar-refractivity contribution in [3.8, 4) is 11.5 Å². The minimum Gasteiger partial charge on any atom is -0.454 e. The van der Waals surface area contributed by atoms with Gasteiger partial charge in [-0.15, -0.1) is 0 Å². The summed E-state index contributed by atoms with van der Waals surface area (Å²) in [4.78, 5) is 12.7. The fourth-order valence-electron chi connectivity index (χ4n) is 3.05. The maximum atomic E-state index is 12.6. The van der Waals surface area contributed by atoms with Crippen LogP contribution >= 0.6 is 0 Å². The molecular formula is C22H20N2O5S. The second kappa shape index (κ2) is 8.17. The van der Waals surface area contributed by atoms with Crippen LogP contribution in [0.2, 0.25) is 0 Å². The van der Waals surface area contributed by atoms with Crippen molar-refractivity contribution in [2.24, 2.45) is 0 Å². The molecule has 0 spiro atoms. The Kier molecular flexibility index (Phi) is 5.43. The molecule has 1 aliphatic heterocycles. The van der Waals surface area contributed by atoms with Gasteiger partial charge in [-0.05, 0) is 42.0 Å². The second-order valence-electron chi connectivity index (χ2n) is 6.79. The number of ether oxygens (including phenoxy) is 2. The first-order chi connectivity index (χ1) is 14.4. The molecule has 3 aromatic rings. The van der Waals surface area contributed by atoms with Crippen LogP contribution in [-0.2, 0) is 16.6 Å². The third-order valence-corrected chi connectivity index (χ3v) is 6.52. The van der Waals surface area contributed by atoms with Crippen LogP contribution in [0.1, 0.15) is 15.9 Å². The van der Waals surface area contributed by atoms with Gasteiger partial charge in [0.2, 0.25) is 16.8 Å². The predicted octanol–water partition coefficient (Wildman–Crippen LogP) is 3.49. The van der Waals surface area contributed by atoms with E-state index in [1.807, 2.05) is 0 Å². The number of nitrogens with zero attached hydrogens (tertiary/aromatic N) is 1. The summed E-state index contributed by atoms with van der Waals surface area (Å²) in [5.41, 5.74) is 1.84. The van der Waals surface area contributed by atoms with Crippen molar-refractivity contribution in [3.05, 3.63) is 83.9 Å². The molecule has 0 fully saturated rings. The Morgan fingerprint density at radius 3 is 2.40 bits per heavy atom. The molecule has 0 radical (unpaired) electrons. The molecule has 0 atom stereocenters. The van der Waals surface area contributed by atoms with Crippen LogP contribution in [-0.4, -0.2) is 32.5 Å². The Morgan fingerprint density at radius 1 is 0.967 bits per heavy atom. The van der Waals surface area contributed by atoms with E-state index in [4.69, 9.17) is 9.47 Å². The van der Waals surface area contributed by atoms with Crippen LogP contribution < -0.4 is 14.8 Å². The van der Waals surface area contributed by atoms with Gasteiger partial charge in [0.1, 0.15) is 0 Å². The highest BCUT2D eigenvalue weighted by molar-refractivity contribution is 7.89. The SMILES string of the molecule is CN(Cc1ccc(C(=O)Nc2ccc3c(c2)OCO3)cc1)S(=O)(=O)c1ccccc1. The maximum absolute atomic E-state index is 12.6. The number of benzene rings is 3. The molecule has 1 aliphatic rings. The average molecular weight is 424 g/mol. The summed E-state index contributed by atoms with van der Waals surface area (Å²) in [7, 11) is -2.05. The number of anilines is 1. The molecule has 0 aromatic heterocycles. The monoisotopic (exact) mass is 424 g/mol. The van der Waals surface area contributed by atoms with E-state index in [9.17, 15) is 13.2 Å². The first-order valence-corrected chi connectivity index (χ1v) is 10.7. The molecule has 0 bridgehead atoms. The van der Waals surface area contributed by atoms with Crippen molar-refractivity contribution in [1.29, 1.82) is 0 Å². The highest BCUT2D eigenvalue weighted by atomic mass is 32.2. The highest BCUT2D eigenvalue weighted by Crippen LogP contribution is 2.34. The molecule has 1 N–H and O–H groups in total. The Morgan fingerprint density at radius 2 is 1.67 bits per heavy atom. The van der Waals surface area contributed by atoms with Crippen LogP contribution in [0, 0.1) is 0 Å². The van der Waals surface area contributed by atoms with Gasteiger partial charge in [-0.25, -0.2) is 8.42 Å². The Hall–Kier alpha value is -3.36. The van der Waals surface area contributed by atoms with E-state index in [2.05, 4.69) is 5.32 Å². The zero-order valence-electron chi connectivity index (χ0n) is 16.2. The normalized spacial score (nSPS) is 12.7. The fraction of sp³-hybridized carbons (Fsp3) is 0.136. The summed E-state index contributed by atoms with van der Waals surface area (Å²) in [6.45, 7) is 0.365. The van der Waals surface area contributed by atoms with Crippen LogP contribution in [0.5, 0.6) is 11.5 Å². The molecule has 154 valence electrons. The van der Waals surface area contributed by atoms with Crippen LogP contribution in [0.15, 0.2) is 77.7 Å². The lowest BCUT2D eigenvalue weighted by molar-refractivity contribution is 0.102. The first-order valence-electron chi connectivity index (χ1n) is 9.25. The summed E-state index contributed by atoms with van der Waals surface area (Å²) < 4.78 is 37.1. The Labute approximate surface area is 174 Å².